The third-order valence-corrected chi connectivity index (χ3v) is 6.33. The first-order valence-corrected chi connectivity index (χ1v) is 11.6. The van der Waals surface area contributed by atoms with Crippen molar-refractivity contribution in [2.45, 2.75) is 12.0 Å². The highest BCUT2D eigenvalue weighted by molar-refractivity contribution is 5.81. The zero-order valence-electron chi connectivity index (χ0n) is 19.4. The van der Waals surface area contributed by atoms with Gasteiger partial charge in [-0.1, -0.05) is 61.2 Å². The molecule has 0 spiro atoms. The molecule has 0 bridgehead atoms. The van der Waals surface area contributed by atoms with Crippen LogP contribution in [0.1, 0.15) is 17.0 Å². The van der Waals surface area contributed by atoms with E-state index in [2.05, 4.69) is 11.9 Å². The second-order valence-electron chi connectivity index (χ2n) is 8.51. The van der Waals surface area contributed by atoms with Gasteiger partial charge in [0.25, 0.3) is 0 Å². The SMILES string of the molecule is C=CCOC(=O)N1CCN(C[C@H](NC(=O)OCC2c3ccccc3-c3ccccc32)C(=O)O)CC1. The summed E-state index contributed by atoms with van der Waals surface area (Å²) < 4.78 is 10.5. The highest BCUT2D eigenvalue weighted by Gasteiger charge is 2.31. The molecule has 2 aliphatic rings. The summed E-state index contributed by atoms with van der Waals surface area (Å²) >= 11 is 0. The Labute approximate surface area is 203 Å². The minimum atomic E-state index is -1.15. The summed E-state index contributed by atoms with van der Waals surface area (Å²) in [4.78, 5) is 39.7. The lowest BCUT2D eigenvalue weighted by molar-refractivity contribution is -0.140. The number of carboxylic acid groups (broad SMARTS) is 1. The fraction of sp³-hybridized carbons (Fsp3) is 0.346. The Morgan fingerprint density at radius 2 is 1.60 bits per heavy atom. The number of fused-ring (bicyclic) bond motifs is 3. The number of benzene rings is 2. The molecular weight excluding hydrogens is 450 g/mol. The van der Waals surface area contributed by atoms with E-state index in [4.69, 9.17) is 9.47 Å². The van der Waals surface area contributed by atoms with Crippen molar-refractivity contribution in [3.63, 3.8) is 0 Å². The third kappa shape index (κ3) is 5.63. The van der Waals surface area contributed by atoms with E-state index in [9.17, 15) is 19.5 Å². The zero-order chi connectivity index (χ0) is 24.8. The van der Waals surface area contributed by atoms with Crippen LogP contribution in [0.4, 0.5) is 9.59 Å². The number of carboxylic acids is 1. The minimum Gasteiger partial charge on any atom is -0.480 e. The summed E-state index contributed by atoms with van der Waals surface area (Å²) in [5.41, 5.74) is 4.41. The molecule has 0 aromatic heterocycles. The van der Waals surface area contributed by atoms with Crippen molar-refractivity contribution in [1.29, 1.82) is 0 Å². The van der Waals surface area contributed by atoms with Gasteiger partial charge in [-0.2, -0.15) is 0 Å². The summed E-state index contributed by atoms with van der Waals surface area (Å²) in [6, 6.07) is 14.9. The van der Waals surface area contributed by atoms with Gasteiger partial charge in [0, 0.05) is 38.6 Å². The molecule has 9 nitrogen and oxygen atoms in total. The van der Waals surface area contributed by atoms with Crippen LogP contribution in [0.15, 0.2) is 61.2 Å². The number of piperazine rings is 1. The monoisotopic (exact) mass is 479 g/mol. The van der Waals surface area contributed by atoms with Gasteiger partial charge in [-0.15, -0.1) is 0 Å². The molecule has 1 saturated heterocycles. The predicted molar refractivity (Wildman–Crippen MR) is 129 cm³/mol. The van der Waals surface area contributed by atoms with Gasteiger partial charge in [0.15, 0.2) is 0 Å². The van der Waals surface area contributed by atoms with Crippen molar-refractivity contribution in [1.82, 2.24) is 15.1 Å². The number of rotatable bonds is 8. The average molecular weight is 480 g/mol. The maximum atomic E-state index is 12.5. The minimum absolute atomic E-state index is 0.106. The first-order valence-electron chi connectivity index (χ1n) is 11.6. The van der Waals surface area contributed by atoms with Crippen molar-refractivity contribution < 1.29 is 29.0 Å². The topological polar surface area (TPSA) is 108 Å². The van der Waals surface area contributed by atoms with Crippen LogP contribution in [0.5, 0.6) is 0 Å². The molecule has 1 aliphatic carbocycles. The highest BCUT2D eigenvalue weighted by Crippen LogP contribution is 2.44. The summed E-state index contributed by atoms with van der Waals surface area (Å²) in [7, 11) is 0. The van der Waals surface area contributed by atoms with E-state index in [0.717, 1.165) is 22.3 Å². The molecule has 2 aromatic carbocycles. The number of alkyl carbamates (subject to hydrolysis) is 1. The van der Waals surface area contributed by atoms with Crippen LogP contribution in [-0.4, -0.2) is 85.0 Å². The van der Waals surface area contributed by atoms with Crippen molar-refractivity contribution >= 4 is 18.2 Å². The standard InChI is InChI=1S/C26H29N3O6/c1-2-15-34-26(33)29-13-11-28(12-14-29)16-23(24(30)31)27-25(32)35-17-22-20-9-5-3-7-18(20)19-8-4-6-10-21(19)22/h2-10,22-23H,1,11-17H2,(H,27,32)(H,30,31)/t23-/m0/s1. The molecular formula is C26H29N3O6. The molecule has 1 fully saturated rings. The number of ether oxygens (including phenoxy) is 2. The molecule has 2 amide bonds. The summed E-state index contributed by atoms with van der Waals surface area (Å²) in [5.74, 6) is -1.25. The fourth-order valence-electron chi connectivity index (χ4n) is 4.56. The van der Waals surface area contributed by atoms with E-state index in [1.54, 1.807) is 4.90 Å². The number of carbonyl (C=O) groups excluding carboxylic acids is 2. The first kappa shape index (κ1) is 24.3. The number of nitrogens with zero attached hydrogens (tertiary/aromatic N) is 2. The molecule has 9 heteroatoms. The average Bonchev–Trinajstić information content (AvgIpc) is 3.19. The normalized spacial score (nSPS) is 16.1. The molecule has 0 saturated carbocycles. The highest BCUT2D eigenvalue weighted by atomic mass is 16.6. The van der Waals surface area contributed by atoms with Gasteiger partial charge in [-0.3, -0.25) is 4.90 Å². The smallest absolute Gasteiger partial charge is 0.410 e. The summed E-state index contributed by atoms with van der Waals surface area (Å²) in [5, 5.41) is 12.1. The molecule has 1 aliphatic heterocycles. The lowest BCUT2D eigenvalue weighted by Crippen LogP contribution is -2.54. The van der Waals surface area contributed by atoms with Gasteiger partial charge in [0.2, 0.25) is 0 Å². The summed E-state index contributed by atoms with van der Waals surface area (Å²) in [6.07, 6.45) is 0.308. The predicted octanol–water partition coefficient (Wildman–Crippen LogP) is 2.92. The summed E-state index contributed by atoms with van der Waals surface area (Å²) in [6.45, 7) is 5.63. The lowest BCUT2D eigenvalue weighted by atomic mass is 9.98. The van der Waals surface area contributed by atoms with Crippen LogP contribution in [0, 0.1) is 0 Å². The van der Waals surface area contributed by atoms with Crippen LogP contribution < -0.4 is 5.32 Å². The van der Waals surface area contributed by atoms with E-state index in [1.165, 1.54) is 6.08 Å². The number of amides is 2. The largest absolute Gasteiger partial charge is 0.480 e. The van der Waals surface area contributed by atoms with E-state index in [1.807, 2.05) is 53.4 Å². The van der Waals surface area contributed by atoms with Crippen LogP contribution in [-0.2, 0) is 14.3 Å². The second-order valence-corrected chi connectivity index (χ2v) is 8.51. The third-order valence-electron chi connectivity index (χ3n) is 6.33. The van der Waals surface area contributed by atoms with Crippen LogP contribution in [0.3, 0.4) is 0 Å². The number of carbonyl (C=O) groups is 3. The molecule has 4 rings (SSSR count). The quantitative estimate of drug-likeness (QED) is 0.561. The molecule has 1 atom stereocenters. The number of nitrogens with one attached hydrogen (secondary N) is 1. The van der Waals surface area contributed by atoms with Gasteiger partial charge in [0.05, 0.1) is 0 Å². The van der Waals surface area contributed by atoms with E-state index >= 15 is 0 Å². The zero-order valence-corrected chi connectivity index (χ0v) is 19.4. The van der Waals surface area contributed by atoms with Crippen molar-refractivity contribution in [3.05, 3.63) is 72.3 Å². The van der Waals surface area contributed by atoms with Gasteiger partial charge >= 0.3 is 18.2 Å². The molecule has 0 radical (unpaired) electrons. The number of aliphatic carboxylic acids is 1. The number of hydrogen-bond acceptors (Lipinski definition) is 6. The van der Waals surface area contributed by atoms with E-state index in [0.29, 0.717) is 26.2 Å². The van der Waals surface area contributed by atoms with E-state index < -0.39 is 24.2 Å². The van der Waals surface area contributed by atoms with Crippen LogP contribution in [0.2, 0.25) is 0 Å². The maximum Gasteiger partial charge on any atom is 0.410 e. The Balaban J connectivity index is 1.30. The number of hydrogen-bond donors (Lipinski definition) is 2. The fourth-order valence-corrected chi connectivity index (χ4v) is 4.56. The van der Waals surface area contributed by atoms with Gasteiger partial charge in [-0.05, 0) is 22.3 Å². The first-order chi connectivity index (χ1) is 17.0. The van der Waals surface area contributed by atoms with Gasteiger partial charge in [0.1, 0.15) is 19.3 Å². The second kappa shape index (κ2) is 11.1. The Morgan fingerprint density at radius 1 is 1.00 bits per heavy atom. The maximum absolute atomic E-state index is 12.5. The Hall–Kier alpha value is -3.85. The Kier molecular flexibility index (Phi) is 7.67. The van der Waals surface area contributed by atoms with E-state index in [-0.39, 0.29) is 25.7 Å². The molecule has 2 N–H and O–H groups in total. The Morgan fingerprint density at radius 3 is 2.17 bits per heavy atom. The van der Waals surface area contributed by atoms with Gasteiger partial charge < -0.3 is 24.8 Å². The van der Waals surface area contributed by atoms with Gasteiger partial charge in [-0.25, -0.2) is 14.4 Å². The molecule has 1 heterocycles. The molecule has 184 valence electrons. The van der Waals surface area contributed by atoms with Crippen molar-refractivity contribution in [2.24, 2.45) is 0 Å². The van der Waals surface area contributed by atoms with Crippen molar-refractivity contribution in [3.8, 4) is 11.1 Å². The lowest BCUT2D eigenvalue weighted by Gasteiger charge is -2.35. The van der Waals surface area contributed by atoms with Crippen molar-refractivity contribution in [2.75, 3.05) is 45.9 Å². The van der Waals surface area contributed by atoms with Crippen LogP contribution >= 0.6 is 0 Å². The van der Waals surface area contributed by atoms with Crippen LogP contribution in [0.25, 0.3) is 11.1 Å². The Bertz CT molecular complexity index is 1050. The molecule has 0 unspecified atom stereocenters. The molecule has 35 heavy (non-hydrogen) atoms. The molecule has 2 aromatic rings.